The summed E-state index contributed by atoms with van der Waals surface area (Å²) in [5, 5.41) is 12.7. The standard InChI is InChI=1S/C13H13N3O4/c1-3-15-11(17)10(12(18)19)14-16(13(15)20)9-6-4-5-8(2)7-9/h4-7H,3H2,1-2H3,(H,18,19). The Bertz CT molecular complexity index is 789. The van der Waals surface area contributed by atoms with Crippen LogP contribution < -0.4 is 11.2 Å². The van der Waals surface area contributed by atoms with Crippen molar-refractivity contribution in [3.63, 3.8) is 0 Å². The molecule has 1 aromatic carbocycles. The van der Waals surface area contributed by atoms with Gasteiger partial charge in [-0.15, -0.1) is 0 Å². The van der Waals surface area contributed by atoms with E-state index in [1.165, 1.54) is 0 Å². The Morgan fingerprint density at radius 2 is 2.05 bits per heavy atom. The minimum absolute atomic E-state index is 0.0757. The molecule has 20 heavy (non-hydrogen) atoms. The molecule has 0 amide bonds. The van der Waals surface area contributed by atoms with E-state index in [0.29, 0.717) is 5.69 Å². The van der Waals surface area contributed by atoms with E-state index in [1.54, 1.807) is 25.1 Å². The lowest BCUT2D eigenvalue weighted by Gasteiger charge is -2.09. The van der Waals surface area contributed by atoms with Crippen molar-refractivity contribution in [1.29, 1.82) is 0 Å². The summed E-state index contributed by atoms with van der Waals surface area (Å²) >= 11 is 0. The van der Waals surface area contributed by atoms with Gasteiger partial charge in [0, 0.05) is 6.54 Å². The van der Waals surface area contributed by atoms with Crippen LogP contribution in [0.15, 0.2) is 33.9 Å². The third-order valence-electron chi connectivity index (χ3n) is 2.82. The van der Waals surface area contributed by atoms with Gasteiger partial charge < -0.3 is 5.11 Å². The van der Waals surface area contributed by atoms with Gasteiger partial charge in [-0.2, -0.15) is 9.78 Å². The Labute approximate surface area is 113 Å². The number of carbonyl (C=O) groups is 1. The van der Waals surface area contributed by atoms with Crippen LogP contribution in [0.2, 0.25) is 0 Å². The van der Waals surface area contributed by atoms with Crippen LogP contribution in [-0.4, -0.2) is 25.4 Å². The molecule has 2 aromatic rings. The Morgan fingerprint density at radius 3 is 2.60 bits per heavy atom. The maximum atomic E-state index is 12.2. The minimum Gasteiger partial charge on any atom is -0.476 e. The number of aryl methyl sites for hydroxylation is 1. The quantitative estimate of drug-likeness (QED) is 0.876. The average Bonchev–Trinajstić information content (AvgIpc) is 2.39. The van der Waals surface area contributed by atoms with Crippen LogP contribution in [0.3, 0.4) is 0 Å². The van der Waals surface area contributed by atoms with E-state index in [2.05, 4.69) is 5.10 Å². The molecule has 104 valence electrons. The predicted octanol–water partition coefficient (Wildman–Crippen LogP) is 0.421. The van der Waals surface area contributed by atoms with Gasteiger partial charge in [-0.1, -0.05) is 12.1 Å². The molecule has 0 aliphatic rings. The van der Waals surface area contributed by atoms with E-state index < -0.39 is 22.9 Å². The van der Waals surface area contributed by atoms with Gasteiger partial charge in [0.2, 0.25) is 5.69 Å². The van der Waals surface area contributed by atoms with E-state index in [4.69, 9.17) is 5.11 Å². The normalized spacial score (nSPS) is 10.5. The van der Waals surface area contributed by atoms with Gasteiger partial charge in [0.25, 0.3) is 5.56 Å². The van der Waals surface area contributed by atoms with Crippen molar-refractivity contribution in [3.05, 3.63) is 56.4 Å². The lowest BCUT2D eigenvalue weighted by atomic mass is 10.2. The number of carboxylic acid groups (broad SMARTS) is 1. The highest BCUT2D eigenvalue weighted by Crippen LogP contribution is 2.06. The number of aromatic carboxylic acids is 1. The first-order chi connectivity index (χ1) is 9.45. The molecule has 0 spiro atoms. The van der Waals surface area contributed by atoms with Gasteiger partial charge >= 0.3 is 11.7 Å². The van der Waals surface area contributed by atoms with E-state index in [9.17, 15) is 14.4 Å². The van der Waals surface area contributed by atoms with Crippen LogP contribution in [0.4, 0.5) is 0 Å². The van der Waals surface area contributed by atoms with Crippen LogP contribution in [0.1, 0.15) is 23.0 Å². The second kappa shape index (κ2) is 5.12. The van der Waals surface area contributed by atoms with Crippen molar-refractivity contribution in [3.8, 4) is 5.69 Å². The number of aromatic nitrogens is 3. The monoisotopic (exact) mass is 275 g/mol. The van der Waals surface area contributed by atoms with Crippen molar-refractivity contribution in [2.24, 2.45) is 0 Å². The predicted molar refractivity (Wildman–Crippen MR) is 71.5 cm³/mol. The smallest absolute Gasteiger partial charge is 0.362 e. The van der Waals surface area contributed by atoms with Crippen LogP contribution in [0.5, 0.6) is 0 Å². The van der Waals surface area contributed by atoms with Crippen molar-refractivity contribution in [1.82, 2.24) is 14.3 Å². The summed E-state index contributed by atoms with van der Waals surface area (Å²) in [5.41, 5.74) is -0.919. The maximum absolute atomic E-state index is 12.2. The summed E-state index contributed by atoms with van der Waals surface area (Å²) < 4.78 is 1.78. The fourth-order valence-electron chi connectivity index (χ4n) is 1.86. The molecule has 0 fully saturated rings. The molecule has 0 atom stereocenters. The first kappa shape index (κ1) is 13.7. The second-order valence-electron chi connectivity index (χ2n) is 4.24. The van der Waals surface area contributed by atoms with E-state index in [0.717, 1.165) is 14.8 Å². The zero-order valence-corrected chi connectivity index (χ0v) is 11.0. The molecule has 7 heteroatoms. The Kier molecular flexibility index (Phi) is 3.51. The lowest BCUT2D eigenvalue weighted by Crippen LogP contribution is -2.43. The molecule has 7 nitrogen and oxygen atoms in total. The molecule has 1 aromatic heterocycles. The van der Waals surface area contributed by atoms with Crippen molar-refractivity contribution < 1.29 is 9.90 Å². The SMILES string of the molecule is CCn1c(=O)c(C(=O)O)nn(-c2cccc(C)c2)c1=O. The molecular formula is C13H13N3O4. The lowest BCUT2D eigenvalue weighted by molar-refractivity contribution is 0.0684. The highest BCUT2D eigenvalue weighted by Gasteiger charge is 2.18. The van der Waals surface area contributed by atoms with Crippen molar-refractivity contribution in [2.75, 3.05) is 0 Å². The second-order valence-corrected chi connectivity index (χ2v) is 4.24. The molecule has 1 heterocycles. The first-order valence-electron chi connectivity index (χ1n) is 6.00. The zero-order chi connectivity index (χ0) is 14.9. The molecule has 1 N–H and O–H groups in total. The van der Waals surface area contributed by atoms with Gasteiger partial charge in [0.15, 0.2) is 0 Å². The van der Waals surface area contributed by atoms with E-state index in [1.807, 2.05) is 13.0 Å². The highest BCUT2D eigenvalue weighted by atomic mass is 16.4. The van der Waals surface area contributed by atoms with Gasteiger partial charge in [-0.25, -0.2) is 9.59 Å². The summed E-state index contributed by atoms with van der Waals surface area (Å²) in [7, 11) is 0. The van der Waals surface area contributed by atoms with Crippen LogP contribution in [0, 0.1) is 6.92 Å². The van der Waals surface area contributed by atoms with Gasteiger partial charge in [-0.05, 0) is 31.5 Å². The molecule has 0 saturated heterocycles. The number of nitrogens with zero attached hydrogens (tertiary/aromatic N) is 3. The number of carboxylic acids is 1. The largest absolute Gasteiger partial charge is 0.476 e. The molecule has 0 unspecified atom stereocenters. The van der Waals surface area contributed by atoms with Crippen LogP contribution in [0.25, 0.3) is 5.69 Å². The fraction of sp³-hybridized carbons (Fsp3) is 0.231. The average molecular weight is 275 g/mol. The highest BCUT2D eigenvalue weighted by molar-refractivity contribution is 5.84. The zero-order valence-electron chi connectivity index (χ0n) is 11.0. The maximum Gasteiger partial charge on any atom is 0.362 e. The molecule has 0 saturated carbocycles. The van der Waals surface area contributed by atoms with Crippen molar-refractivity contribution >= 4 is 5.97 Å². The number of rotatable bonds is 3. The van der Waals surface area contributed by atoms with E-state index >= 15 is 0 Å². The Morgan fingerprint density at radius 1 is 1.35 bits per heavy atom. The topological polar surface area (TPSA) is 94.2 Å². The minimum atomic E-state index is -1.46. The first-order valence-corrected chi connectivity index (χ1v) is 6.00. The van der Waals surface area contributed by atoms with Crippen LogP contribution in [-0.2, 0) is 6.54 Å². The molecule has 0 aliphatic heterocycles. The third-order valence-corrected chi connectivity index (χ3v) is 2.82. The van der Waals surface area contributed by atoms with Crippen LogP contribution >= 0.6 is 0 Å². The fourth-order valence-corrected chi connectivity index (χ4v) is 1.86. The molecular weight excluding hydrogens is 262 g/mol. The number of benzene rings is 1. The molecule has 2 rings (SSSR count). The summed E-state index contributed by atoms with van der Waals surface area (Å²) in [6, 6.07) is 6.87. The summed E-state index contributed by atoms with van der Waals surface area (Å²) in [6.07, 6.45) is 0. The van der Waals surface area contributed by atoms with Gasteiger partial charge in [0.05, 0.1) is 5.69 Å². The third kappa shape index (κ3) is 2.25. The Hall–Kier alpha value is -2.70. The molecule has 0 radical (unpaired) electrons. The number of hydrogen-bond donors (Lipinski definition) is 1. The molecule has 0 bridgehead atoms. The Balaban J connectivity index is 2.84. The summed E-state index contributed by atoms with van der Waals surface area (Å²) in [5.74, 6) is -1.46. The summed E-state index contributed by atoms with van der Waals surface area (Å²) in [6.45, 7) is 3.50. The number of hydrogen-bond acceptors (Lipinski definition) is 4. The van der Waals surface area contributed by atoms with Crippen molar-refractivity contribution in [2.45, 2.75) is 20.4 Å². The summed E-state index contributed by atoms with van der Waals surface area (Å²) in [4.78, 5) is 35.1. The molecule has 0 aliphatic carbocycles. The van der Waals surface area contributed by atoms with E-state index in [-0.39, 0.29) is 6.54 Å². The van der Waals surface area contributed by atoms with Gasteiger partial charge in [-0.3, -0.25) is 9.36 Å². The van der Waals surface area contributed by atoms with Gasteiger partial charge in [0.1, 0.15) is 0 Å².